The molecule has 0 radical (unpaired) electrons. The standard InChI is InChI=1S/C23H17F3N6OS/c24-14-2-1-11(16-12(7-27)22(28)34-21(14)16)15-13-9-30-32-5-3-10-8-29-4-6-31(10)23(33)17(20(13)32)19(26)18(15)25/h1-2,9-10,29H,3-6,8,28H2/t10-/m1/s1. The number of rotatable bonds is 1. The fourth-order valence-corrected chi connectivity index (χ4v) is 6.06. The van der Waals surface area contributed by atoms with Gasteiger partial charge in [0.05, 0.1) is 22.0 Å². The first-order valence-electron chi connectivity index (χ1n) is 10.7. The van der Waals surface area contributed by atoms with Gasteiger partial charge in [0.25, 0.3) is 5.91 Å². The summed E-state index contributed by atoms with van der Waals surface area (Å²) in [5, 5.41) is 17.6. The van der Waals surface area contributed by atoms with Gasteiger partial charge >= 0.3 is 0 Å². The summed E-state index contributed by atoms with van der Waals surface area (Å²) in [6.07, 6.45) is 1.99. The summed E-state index contributed by atoms with van der Waals surface area (Å²) in [7, 11) is 0. The first-order valence-corrected chi connectivity index (χ1v) is 11.5. The van der Waals surface area contributed by atoms with Crippen molar-refractivity contribution < 1.29 is 18.0 Å². The zero-order valence-electron chi connectivity index (χ0n) is 17.7. The van der Waals surface area contributed by atoms with Gasteiger partial charge in [-0.25, -0.2) is 13.2 Å². The number of halogens is 3. The molecule has 0 unspecified atom stereocenters. The number of hydrogen-bond donors (Lipinski definition) is 2. The molecule has 1 amide bonds. The molecule has 4 aromatic rings. The van der Waals surface area contributed by atoms with Gasteiger partial charge in [-0.3, -0.25) is 9.48 Å². The molecule has 0 bridgehead atoms. The third-order valence-corrected chi connectivity index (χ3v) is 7.70. The Morgan fingerprint density at radius 3 is 2.79 bits per heavy atom. The minimum absolute atomic E-state index is 0.000206. The summed E-state index contributed by atoms with van der Waals surface area (Å²) < 4.78 is 47.7. The van der Waals surface area contributed by atoms with E-state index in [-0.39, 0.29) is 54.3 Å². The number of benzene rings is 2. The molecule has 0 spiro atoms. The van der Waals surface area contributed by atoms with E-state index in [1.54, 1.807) is 4.90 Å². The Morgan fingerprint density at radius 2 is 2.00 bits per heavy atom. The number of aromatic nitrogens is 2. The van der Waals surface area contributed by atoms with Gasteiger partial charge in [-0.2, -0.15) is 10.4 Å². The Balaban J connectivity index is 1.70. The fraction of sp³-hybridized carbons (Fsp3) is 0.261. The predicted octanol–water partition coefficient (Wildman–Crippen LogP) is 3.61. The van der Waals surface area contributed by atoms with Gasteiger partial charge < -0.3 is 16.0 Å². The number of hydrogen-bond acceptors (Lipinski definition) is 6. The van der Waals surface area contributed by atoms with Crippen LogP contribution in [0.3, 0.4) is 0 Å². The van der Waals surface area contributed by atoms with Crippen molar-refractivity contribution in [3.8, 4) is 17.2 Å². The lowest BCUT2D eigenvalue weighted by atomic mass is 9.93. The van der Waals surface area contributed by atoms with Crippen LogP contribution in [0.2, 0.25) is 0 Å². The van der Waals surface area contributed by atoms with Crippen molar-refractivity contribution >= 4 is 43.2 Å². The Labute approximate surface area is 195 Å². The first kappa shape index (κ1) is 20.9. The molecule has 0 saturated carbocycles. The van der Waals surface area contributed by atoms with E-state index in [9.17, 15) is 14.4 Å². The highest BCUT2D eigenvalue weighted by molar-refractivity contribution is 7.23. The molecule has 1 saturated heterocycles. The summed E-state index contributed by atoms with van der Waals surface area (Å²) in [5.41, 5.74) is 5.71. The Morgan fingerprint density at radius 1 is 1.21 bits per heavy atom. The van der Waals surface area contributed by atoms with E-state index in [1.165, 1.54) is 16.9 Å². The number of piperazine rings is 1. The van der Waals surface area contributed by atoms with E-state index in [2.05, 4.69) is 10.4 Å². The number of fused-ring (bicyclic) bond motifs is 2. The highest BCUT2D eigenvalue weighted by Gasteiger charge is 2.36. The van der Waals surface area contributed by atoms with E-state index in [0.29, 0.717) is 32.6 Å². The lowest BCUT2D eigenvalue weighted by Gasteiger charge is -2.37. The molecule has 2 aromatic heterocycles. The molecule has 172 valence electrons. The van der Waals surface area contributed by atoms with Crippen LogP contribution in [0.4, 0.5) is 18.2 Å². The number of anilines is 1. The van der Waals surface area contributed by atoms with E-state index >= 15 is 8.78 Å². The van der Waals surface area contributed by atoms with Crippen molar-refractivity contribution in [1.29, 1.82) is 5.26 Å². The number of carbonyl (C=O) groups excluding carboxylic acids is 1. The van der Waals surface area contributed by atoms with Gasteiger partial charge in [-0.1, -0.05) is 6.07 Å². The van der Waals surface area contributed by atoms with Gasteiger partial charge in [-0.15, -0.1) is 11.3 Å². The van der Waals surface area contributed by atoms with Crippen molar-refractivity contribution in [1.82, 2.24) is 20.0 Å². The maximum atomic E-state index is 15.8. The summed E-state index contributed by atoms with van der Waals surface area (Å²) in [5.74, 6) is -3.73. The van der Waals surface area contributed by atoms with Gasteiger partial charge in [0.2, 0.25) is 0 Å². The highest BCUT2D eigenvalue weighted by Crippen LogP contribution is 2.45. The Kier molecular flexibility index (Phi) is 4.59. The van der Waals surface area contributed by atoms with Crippen LogP contribution in [0.1, 0.15) is 22.3 Å². The first-order chi connectivity index (χ1) is 16.4. The molecule has 2 aliphatic rings. The average molecular weight is 482 g/mol. The number of nitrogen functional groups attached to an aromatic ring is 1. The van der Waals surface area contributed by atoms with Crippen LogP contribution in [-0.2, 0) is 6.54 Å². The summed E-state index contributed by atoms with van der Waals surface area (Å²) in [4.78, 5) is 15.0. The van der Waals surface area contributed by atoms with Gasteiger partial charge in [0.15, 0.2) is 11.6 Å². The van der Waals surface area contributed by atoms with Crippen LogP contribution in [0.15, 0.2) is 18.3 Å². The van der Waals surface area contributed by atoms with Gasteiger partial charge in [0, 0.05) is 48.6 Å². The maximum absolute atomic E-state index is 15.8. The number of amides is 1. The molecule has 6 rings (SSSR count). The molecule has 1 fully saturated rings. The third kappa shape index (κ3) is 2.72. The molecule has 1 atom stereocenters. The number of nitrogens with two attached hydrogens (primary N) is 1. The SMILES string of the molecule is N#Cc1c(N)sc2c(F)ccc(-c3c(F)c(F)c4c5c3cnn5CC[C@@H]3CNCCN3C4=O)c12. The summed E-state index contributed by atoms with van der Waals surface area (Å²) >= 11 is 0.874. The smallest absolute Gasteiger partial charge is 0.259 e. The van der Waals surface area contributed by atoms with Crippen LogP contribution in [0, 0.1) is 28.8 Å². The van der Waals surface area contributed by atoms with E-state index in [1.807, 2.05) is 6.07 Å². The lowest BCUT2D eigenvalue weighted by Crippen LogP contribution is -2.54. The number of thiophene rings is 1. The maximum Gasteiger partial charge on any atom is 0.259 e. The summed E-state index contributed by atoms with van der Waals surface area (Å²) in [6, 6.07) is 4.23. The Hall–Kier alpha value is -3.62. The van der Waals surface area contributed by atoms with E-state index < -0.39 is 23.4 Å². The molecule has 2 aliphatic heterocycles. The van der Waals surface area contributed by atoms with E-state index in [4.69, 9.17) is 5.73 Å². The van der Waals surface area contributed by atoms with Crippen molar-refractivity contribution in [3.05, 3.63) is 46.9 Å². The second-order valence-corrected chi connectivity index (χ2v) is 9.46. The second-order valence-electron chi connectivity index (χ2n) is 8.41. The zero-order chi connectivity index (χ0) is 23.7. The van der Waals surface area contributed by atoms with Crippen LogP contribution < -0.4 is 11.1 Å². The fourth-order valence-electron chi connectivity index (χ4n) is 5.11. The minimum Gasteiger partial charge on any atom is -0.389 e. The number of aryl methyl sites for hydroxylation is 1. The zero-order valence-corrected chi connectivity index (χ0v) is 18.5. The molecule has 2 aromatic carbocycles. The van der Waals surface area contributed by atoms with Crippen molar-refractivity contribution in [2.75, 3.05) is 25.4 Å². The Bertz CT molecular complexity index is 1570. The molecule has 7 nitrogen and oxygen atoms in total. The number of nitriles is 1. The van der Waals surface area contributed by atoms with Crippen molar-refractivity contribution in [3.63, 3.8) is 0 Å². The molecule has 0 aliphatic carbocycles. The highest BCUT2D eigenvalue weighted by atomic mass is 32.1. The molecular formula is C23H17F3N6OS. The van der Waals surface area contributed by atoms with Gasteiger partial charge in [-0.05, 0) is 18.1 Å². The number of carbonyl (C=O) groups is 1. The molecule has 34 heavy (non-hydrogen) atoms. The molecule has 4 heterocycles. The number of nitrogens with one attached hydrogen (secondary N) is 1. The van der Waals surface area contributed by atoms with Crippen molar-refractivity contribution in [2.45, 2.75) is 19.0 Å². The monoisotopic (exact) mass is 482 g/mol. The third-order valence-electron chi connectivity index (χ3n) is 6.68. The predicted molar refractivity (Wildman–Crippen MR) is 122 cm³/mol. The molecule has 11 heteroatoms. The van der Waals surface area contributed by atoms with Crippen molar-refractivity contribution in [2.24, 2.45) is 0 Å². The number of nitrogens with zero attached hydrogens (tertiary/aromatic N) is 4. The quantitative estimate of drug-likeness (QED) is 0.432. The van der Waals surface area contributed by atoms with E-state index in [0.717, 1.165) is 17.4 Å². The molecule has 3 N–H and O–H groups in total. The molecular weight excluding hydrogens is 465 g/mol. The minimum atomic E-state index is -1.28. The lowest BCUT2D eigenvalue weighted by molar-refractivity contribution is 0.0607. The second kappa shape index (κ2) is 7.44. The summed E-state index contributed by atoms with van der Waals surface area (Å²) in [6.45, 7) is 1.93. The topological polar surface area (TPSA) is 100.0 Å². The van der Waals surface area contributed by atoms with Crippen LogP contribution in [-0.4, -0.2) is 46.3 Å². The van der Waals surface area contributed by atoms with Crippen LogP contribution >= 0.6 is 11.3 Å². The normalized spacial score (nSPS) is 18.1. The van der Waals surface area contributed by atoms with Crippen LogP contribution in [0.5, 0.6) is 0 Å². The van der Waals surface area contributed by atoms with Crippen LogP contribution in [0.25, 0.3) is 32.1 Å². The van der Waals surface area contributed by atoms with Gasteiger partial charge in [0.1, 0.15) is 22.5 Å². The largest absolute Gasteiger partial charge is 0.389 e. The average Bonchev–Trinajstić information content (AvgIpc) is 3.39.